The van der Waals surface area contributed by atoms with E-state index in [0.717, 1.165) is 30.9 Å². The number of halogens is 1. The summed E-state index contributed by atoms with van der Waals surface area (Å²) in [7, 11) is 1.94. The predicted molar refractivity (Wildman–Crippen MR) is 76.3 cm³/mol. The predicted octanol–water partition coefficient (Wildman–Crippen LogP) is 2.38. The molecule has 1 N–H and O–H groups in total. The molecule has 0 aliphatic heterocycles. The van der Waals surface area contributed by atoms with Gasteiger partial charge in [0.15, 0.2) is 0 Å². The van der Waals surface area contributed by atoms with Crippen molar-refractivity contribution in [3.63, 3.8) is 0 Å². The highest BCUT2D eigenvalue weighted by molar-refractivity contribution is 6.31. The lowest BCUT2D eigenvalue weighted by Crippen LogP contribution is -2.27. The van der Waals surface area contributed by atoms with E-state index in [9.17, 15) is 0 Å². The van der Waals surface area contributed by atoms with Crippen LogP contribution >= 0.6 is 11.6 Å². The SMILES string of the molecule is CCCNC(c1ccnn1C)c1c(Cl)cnn1CC. The minimum absolute atomic E-state index is 0.0161. The average molecular weight is 282 g/mol. The molecule has 1 unspecified atom stereocenters. The molecule has 0 aromatic carbocycles. The Hall–Kier alpha value is -1.33. The molecule has 0 radical (unpaired) electrons. The molecule has 2 heterocycles. The van der Waals surface area contributed by atoms with E-state index in [2.05, 4.69) is 29.4 Å². The van der Waals surface area contributed by atoms with Gasteiger partial charge < -0.3 is 5.32 Å². The maximum absolute atomic E-state index is 6.31. The lowest BCUT2D eigenvalue weighted by molar-refractivity contribution is 0.504. The maximum Gasteiger partial charge on any atom is 0.0933 e. The molecular formula is C13H20ClN5. The van der Waals surface area contributed by atoms with Crippen molar-refractivity contribution in [1.29, 1.82) is 0 Å². The second-order valence-corrected chi connectivity index (χ2v) is 4.87. The first-order valence-electron chi connectivity index (χ1n) is 6.61. The van der Waals surface area contributed by atoms with Crippen molar-refractivity contribution < 1.29 is 0 Å². The van der Waals surface area contributed by atoms with Gasteiger partial charge >= 0.3 is 0 Å². The fourth-order valence-corrected chi connectivity index (χ4v) is 2.46. The van der Waals surface area contributed by atoms with Gasteiger partial charge in [-0.15, -0.1) is 0 Å². The van der Waals surface area contributed by atoms with Gasteiger partial charge in [-0.05, 0) is 26.0 Å². The van der Waals surface area contributed by atoms with Crippen LogP contribution in [-0.2, 0) is 13.6 Å². The fourth-order valence-electron chi connectivity index (χ4n) is 2.21. The van der Waals surface area contributed by atoms with Gasteiger partial charge in [0.2, 0.25) is 0 Å². The third-order valence-electron chi connectivity index (χ3n) is 3.16. The largest absolute Gasteiger partial charge is 0.304 e. The molecule has 2 aromatic heterocycles. The Kier molecular flexibility index (Phi) is 4.61. The van der Waals surface area contributed by atoms with Crippen LogP contribution in [0.4, 0.5) is 0 Å². The summed E-state index contributed by atoms with van der Waals surface area (Å²) in [6.07, 6.45) is 4.57. The Morgan fingerprint density at radius 2 is 2.16 bits per heavy atom. The summed E-state index contributed by atoms with van der Waals surface area (Å²) in [6, 6.07) is 2.03. The highest BCUT2D eigenvalue weighted by Gasteiger charge is 2.23. The van der Waals surface area contributed by atoms with E-state index in [4.69, 9.17) is 11.6 Å². The van der Waals surface area contributed by atoms with E-state index in [1.165, 1.54) is 0 Å². The van der Waals surface area contributed by atoms with Gasteiger partial charge in [0.25, 0.3) is 0 Å². The van der Waals surface area contributed by atoms with Crippen LogP contribution in [0.1, 0.15) is 37.7 Å². The molecule has 104 valence electrons. The third-order valence-corrected chi connectivity index (χ3v) is 3.45. The van der Waals surface area contributed by atoms with E-state index >= 15 is 0 Å². The second kappa shape index (κ2) is 6.21. The summed E-state index contributed by atoms with van der Waals surface area (Å²) < 4.78 is 3.80. The first kappa shape index (κ1) is 14.1. The topological polar surface area (TPSA) is 47.7 Å². The lowest BCUT2D eigenvalue weighted by Gasteiger charge is -2.20. The zero-order valence-electron chi connectivity index (χ0n) is 11.6. The van der Waals surface area contributed by atoms with Gasteiger partial charge in [0.05, 0.1) is 28.6 Å². The van der Waals surface area contributed by atoms with Crippen molar-refractivity contribution in [2.24, 2.45) is 7.05 Å². The Balaban J connectivity index is 2.42. The molecule has 5 nitrogen and oxygen atoms in total. The molecule has 2 aromatic rings. The maximum atomic E-state index is 6.31. The van der Waals surface area contributed by atoms with Crippen LogP contribution in [-0.4, -0.2) is 26.1 Å². The number of nitrogens with one attached hydrogen (secondary N) is 1. The van der Waals surface area contributed by atoms with Crippen LogP contribution in [0, 0.1) is 0 Å². The standard InChI is InChI=1S/C13H20ClN5/c1-4-7-15-12(11-6-8-16-18(11)3)13-10(14)9-17-19(13)5-2/h6,8-9,12,15H,4-5,7H2,1-3H3. The summed E-state index contributed by atoms with van der Waals surface area (Å²) in [5.74, 6) is 0. The van der Waals surface area contributed by atoms with Crippen molar-refractivity contribution >= 4 is 11.6 Å². The van der Waals surface area contributed by atoms with Gasteiger partial charge in [-0.25, -0.2) is 0 Å². The Morgan fingerprint density at radius 1 is 1.37 bits per heavy atom. The first-order valence-corrected chi connectivity index (χ1v) is 6.99. The smallest absolute Gasteiger partial charge is 0.0933 e. The third kappa shape index (κ3) is 2.82. The number of rotatable bonds is 6. The molecule has 1 atom stereocenters. The monoisotopic (exact) mass is 281 g/mol. The minimum Gasteiger partial charge on any atom is -0.304 e. The van der Waals surface area contributed by atoms with E-state index in [-0.39, 0.29) is 6.04 Å². The second-order valence-electron chi connectivity index (χ2n) is 4.46. The fraction of sp³-hybridized carbons (Fsp3) is 0.538. The van der Waals surface area contributed by atoms with Crippen LogP contribution in [0.25, 0.3) is 0 Å². The highest BCUT2D eigenvalue weighted by atomic mass is 35.5. The molecule has 6 heteroatoms. The molecule has 0 bridgehead atoms. The molecule has 0 saturated carbocycles. The zero-order valence-corrected chi connectivity index (χ0v) is 12.4. The normalized spacial score (nSPS) is 12.8. The Bertz CT molecular complexity index is 531. The molecule has 0 spiro atoms. The number of nitrogens with zero attached hydrogens (tertiary/aromatic N) is 4. The summed E-state index contributed by atoms with van der Waals surface area (Å²) >= 11 is 6.31. The van der Waals surface area contributed by atoms with Gasteiger partial charge in [-0.2, -0.15) is 10.2 Å². The molecule has 0 aliphatic carbocycles. The van der Waals surface area contributed by atoms with E-state index < -0.39 is 0 Å². The highest BCUT2D eigenvalue weighted by Crippen LogP contribution is 2.28. The lowest BCUT2D eigenvalue weighted by atomic mass is 10.1. The molecule has 2 rings (SSSR count). The molecule has 0 saturated heterocycles. The molecule has 0 aliphatic rings. The Morgan fingerprint density at radius 3 is 2.74 bits per heavy atom. The minimum atomic E-state index is 0.0161. The van der Waals surface area contributed by atoms with Gasteiger partial charge in [-0.3, -0.25) is 9.36 Å². The number of hydrogen-bond acceptors (Lipinski definition) is 3. The average Bonchev–Trinajstić information content (AvgIpc) is 2.98. The van der Waals surface area contributed by atoms with Crippen molar-refractivity contribution in [1.82, 2.24) is 24.9 Å². The van der Waals surface area contributed by atoms with Crippen molar-refractivity contribution in [3.05, 3.63) is 34.9 Å². The van der Waals surface area contributed by atoms with Crippen molar-refractivity contribution in [2.45, 2.75) is 32.9 Å². The number of aromatic nitrogens is 4. The summed E-state index contributed by atoms with van der Waals surface area (Å²) in [5.41, 5.74) is 2.09. The molecule has 19 heavy (non-hydrogen) atoms. The Labute approximate surface area is 118 Å². The van der Waals surface area contributed by atoms with Gasteiger partial charge in [0.1, 0.15) is 0 Å². The molecule has 0 amide bonds. The number of aryl methyl sites for hydroxylation is 2. The van der Waals surface area contributed by atoms with Crippen LogP contribution in [0.5, 0.6) is 0 Å². The molecule has 0 fully saturated rings. The van der Waals surface area contributed by atoms with Crippen LogP contribution in [0.3, 0.4) is 0 Å². The quantitative estimate of drug-likeness (QED) is 0.884. The van der Waals surface area contributed by atoms with Crippen molar-refractivity contribution in [3.8, 4) is 0 Å². The van der Waals surface area contributed by atoms with Crippen LogP contribution in [0.2, 0.25) is 5.02 Å². The summed E-state index contributed by atoms with van der Waals surface area (Å²) in [6.45, 7) is 5.92. The van der Waals surface area contributed by atoms with E-state index in [1.807, 2.05) is 22.5 Å². The van der Waals surface area contributed by atoms with E-state index in [1.54, 1.807) is 12.4 Å². The molecular weight excluding hydrogens is 262 g/mol. The first-order chi connectivity index (χ1) is 9.19. The van der Waals surface area contributed by atoms with Gasteiger partial charge in [-0.1, -0.05) is 18.5 Å². The summed E-state index contributed by atoms with van der Waals surface area (Å²) in [5, 5.41) is 12.8. The zero-order chi connectivity index (χ0) is 13.8. The summed E-state index contributed by atoms with van der Waals surface area (Å²) in [4.78, 5) is 0. The van der Waals surface area contributed by atoms with Crippen LogP contribution in [0.15, 0.2) is 18.5 Å². The number of hydrogen-bond donors (Lipinski definition) is 1. The van der Waals surface area contributed by atoms with Gasteiger partial charge in [0, 0.05) is 19.8 Å². The van der Waals surface area contributed by atoms with Crippen molar-refractivity contribution in [2.75, 3.05) is 6.54 Å². The van der Waals surface area contributed by atoms with E-state index in [0.29, 0.717) is 5.02 Å². The van der Waals surface area contributed by atoms with Crippen LogP contribution < -0.4 is 5.32 Å².